The Kier molecular flexibility index (Phi) is 6.68. The minimum absolute atomic E-state index is 0.0773. The molecule has 1 saturated carbocycles. The fraction of sp³-hybridized carbons (Fsp3) is 0.739. The summed E-state index contributed by atoms with van der Waals surface area (Å²) in [4.78, 5) is 16.7. The Bertz CT molecular complexity index is 808. The van der Waals surface area contributed by atoms with Gasteiger partial charge in [-0.1, -0.05) is 12.2 Å². The van der Waals surface area contributed by atoms with Crippen LogP contribution in [0.2, 0.25) is 0 Å². The van der Waals surface area contributed by atoms with Crippen LogP contribution >= 0.6 is 0 Å². The average molecular weight is 455 g/mol. The van der Waals surface area contributed by atoms with E-state index in [0.717, 1.165) is 44.3 Å². The van der Waals surface area contributed by atoms with Gasteiger partial charge in [0.2, 0.25) is 5.91 Å². The van der Waals surface area contributed by atoms with Gasteiger partial charge in [0.1, 0.15) is 11.9 Å². The number of carbonyl (C=O) groups excluding carboxylic acids is 1. The Morgan fingerprint density at radius 3 is 2.75 bits per heavy atom. The number of hydrogen-bond acceptors (Lipinski definition) is 5. The molecule has 0 saturated heterocycles. The maximum atomic E-state index is 13.4. The number of fused-ring (bicyclic) bond motifs is 2. The zero-order valence-corrected chi connectivity index (χ0v) is 19.0. The topological polar surface area (TPSA) is 48.4 Å². The fourth-order valence-electron chi connectivity index (χ4n) is 5.74. The van der Waals surface area contributed by atoms with E-state index in [1.54, 1.807) is 6.08 Å². The number of nitrogens with zero attached hydrogens (tertiary/aromatic N) is 4. The van der Waals surface area contributed by atoms with E-state index in [1.165, 1.54) is 12.1 Å². The molecule has 0 N–H and O–H groups in total. The number of alkyl halides is 3. The summed E-state index contributed by atoms with van der Waals surface area (Å²) in [5.74, 6) is 0.518. The molecule has 1 fully saturated rings. The summed E-state index contributed by atoms with van der Waals surface area (Å²) in [5.41, 5.74) is 0.338. The molecule has 1 amide bonds. The van der Waals surface area contributed by atoms with E-state index in [4.69, 9.17) is 4.74 Å². The van der Waals surface area contributed by atoms with Gasteiger partial charge in [-0.3, -0.25) is 9.80 Å². The first-order chi connectivity index (χ1) is 15.2. The molecule has 5 unspecified atom stereocenters. The molecule has 0 aromatic heterocycles. The molecule has 5 atom stereocenters. The van der Waals surface area contributed by atoms with Crippen molar-refractivity contribution < 1.29 is 22.7 Å². The largest absolute Gasteiger partial charge is 0.431 e. The monoisotopic (exact) mass is 454 g/mol. The van der Waals surface area contributed by atoms with Crippen LogP contribution in [0.15, 0.2) is 28.9 Å². The van der Waals surface area contributed by atoms with Gasteiger partial charge in [0.15, 0.2) is 0 Å². The standard InChI is InChI=1S/C23H33F3N4O2/c1-28(2)11-4-12-29-18-8-5-15(13-16(18)6-9-21(29)31)17-7-10-22(32-3)30-19(17)14-20(27-30)23(24,25)26/h6-7,9,15-16,18-19,22H,4-5,8,10-14H2,1-3H3. The number of rotatable bonds is 6. The van der Waals surface area contributed by atoms with Crippen LogP contribution in [-0.2, 0) is 9.53 Å². The predicted octanol–water partition coefficient (Wildman–Crippen LogP) is 3.42. The van der Waals surface area contributed by atoms with Gasteiger partial charge in [-0.05, 0) is 69.8 Å². The van der Waals surface area contributed by atoms with Gasteiger partial charge < -0.3 is 14.5 Å². The first-order valence-corrected chi connectivity index (χ1v) is 11.5. The van der Waals surface area contributed by atoms with E-state index in [0.29, 0.717) is 6.42 Å². The summed E-state index contributed by atoms with van der Waals surface area (Å²) in [7, 11) is 5.57. The highest BCUT2D eigenvalue weighted by Crippen LogP contribution is 2.45. The van der Waals surface area contributed by atoms with Crippen LogP contribution in [0.1, 0.15) is 38.5 Å². The van der Waals surface area contributed by atoms with Crippen molar-refractivity contribution in [1.82, 2.24) is 14.8 Å². The zero-order valence-electron chi connectivity index (χ0n) is 19.0. The molecule has 6 nitrogen and oxygen atoms in total. The van der Waals surface area contributed by atoms with Crippen LogP contribution in [0.5, 0.6) is 0 Å². The number of hydrazone groups is 1. The fourth-order valence-corrected chi connectivity index (χ4v) is 5.74. The molecule has 0 aromatic carbocycles. The van der Waals surface area contributed by atoms with Crippen molar-refractivity contribution in [2.45, 2.75) is 63.0 Å². The molecule has 1 aliphatic carbocycles. The first-order valence-electron chi connectivity index (χ1n) is 11.5. The van der Waals surface area contributed by atoms with E-state index in [-0.39, 0.29) is 30.2 Å². The molecule has 4 rings (SSSR count). The summed E-state index contributed by atoms with van der Waals surface area (Å²) in [6, 6.07) is -0.208. The maximum Gasteiger partial charge on any atom is 0.431 e. The Hall–Kier alpha value is -1.87. The normalized spacial score (nSPS) is 32.7. The quantitative estimate of drug-likeness (QED) is 0.577. The van der Waals surface area contributed by atoms with Gasteiger partial charge in [-0.25, -0.2) is 0 Å². The van der Waals surface area contributed by atoms with Gasteiger partial charge in [-0.2, -0.15) is 18.3 Å². The Labute approximate surface area is 187 Å². The second-order valence-corrected chi connectivity index (χ2v) is 9.56. The Morgan fingerprint density at radius 2 is 2.06 bits per heavy atom. The summed E-state index contributed by atoms with van der Waals surface area (Å²) >= 11 is 0. The lowest BCUT2D eigenvalue weighted by Gasteiger charge is -2.46. The Morgan fingerprint density at radius 1 is 1.28 bits per heavy atom. The zero-order chi connectivity index (χ0) is 23.0. The number of hydrogen-bond donors (Lipinski definition) is 0. The van der Waals surface area contributed by atoms with E-state index < -0.39 is 24.2 Å². The molecule has 3 heterocycles. The second kappa shape index (κ2) is 9.17. The SMILES string of the molecule is COC1CC=C(C2CCC3C(C=CC(=O)N3CCCN(C)C)C2)C2CC(C(F)(F)F)=NN12. The van der Waals surface area contributed by atoms with Crippen molar-refractivity contribution in [3.63, 3.8) is 0 Å². The van der Waals surface area contributed by atoms with E-state index >= 15 is 0 Å². The lowest BCUT2D eigenvalue weighted by Crippen LogP contribution is -2.50. The van der Waals surface area contributed by atoms with Crippen LogP contribution < -0.4 is 0 Å². The highest BCUT2D eigenvalue weighted by atomic mass is 19.4. The molecule has 0 bridgehead atoms. The molecular formula is C23H33F3N4O2. The van der Waals surface area contributed by atoms with Crippen molar-refractivity contribution in [3.05, 3.63) is 23.8 Å². The van der Waals surface area contributed by atoms with Crippen LogP contribution in [-0.4, -0.2) is 85.2 Å². The second-order valence-electron chi connectivity index (χ2n) is 9.56. The third-order valence-corrected chi connectivity index (χ3v) is 7.28. The van der Waals surface area contributed by atoms with Crippen molar-refractivity contribution in [2.24, 2.45) is 16.9 Å². The van der Waals surface area contributed by atoms with Crippen molar-refractivity contribution in [3.8, 4) is 0 Å². The van der Waals surface area contributed by atoms with Gasteiger partial charge in [0, 0.05) is 32.5 Å². The average Bonchev–Trinajstić information content (AvgIpc) is 3.20. The lowest BCUT2D eigenvalue weighted by molar-refractivity contribution is -0.131. The maximum absolute atomic E-state index is 13.4. The van der Waals surface area contributed by atoms with Crippen LogP contribution in [0.25, 0.3) is 0 Å². The highest BCUT2D eigenvalue weighted by Gasteiger charge is 2.48. The molecule has 9 heteroatoms. The van der Waals surface area contributed by atoms with Crippen molar-refractivity contribution in [2.75, 3.05) is 34.3 Å². The number of carbonyl (C=O) groups is 1. The number of amides is 1. The molecule has 32 heavy (non-hydrogen) atoms. The van der Waals surface area contributed by atoms with Gasteiger partial charge in [0.05, 0.1) is 6.04 Å². The third-order valence-electron chi connectivity index (χ3n) is 7.28. The minimum Gasteiger partial charge on any atom is -0.360 e. The van der Waals surface area contributed by atoms with Crippen LogP contribution in [0.3, 0.4) is 0 Å². The number of methoxy groups -OCH3 is 1. The first kappa shape index (κ1) is 23.3. The molecule has 0 spiro atoms. The predicted molar refractivity (Wildman–Crippen MR) is 116 cm³/mol. The lowest BCUT2D eigenvalue weighted by atomic mass is 9.70. The molecule has 0 radical (unpaired) electrons. The van der Waals surface area contributed by atoms with E-state index in [2.05, 4.69) is 16.1 Å². The highest BCUT2D eigenvalue weighted by molar-refractivity contribution is 5.91. The summed E-state index contributed by atoms with van der Waals surface area (Å²) in [6.07, 6.45) is 4.86. The third kappa shape index (κ3) is 4.59. The van der Waals surface area contributed by atoms with Gasteiger partial charge >= 0.3 is 6.18 Å². The molecule has 4 aliphatic rings. The van der Waals surface area contributed by atoms with Gasteiger partial charge in [0.25, 0.3) is 0 Å². The smallest absolute Gasteiger partial charge is 0.360 e. The molecule has 0 aromatic rings. The summed E-state index contributed by atoms with van der Waals surface area (Å²) in [6.45, 7) is 1.67. The van der Waals surface area contributed by atoms with Crippen LogP contribution in [0.4, 0.5) is 13.2 Å². The van der Waals surface area contributed by atoms with E-state index in [9.17, 15) is 18.0 Å². The van der Waals surface area contributed by atoms with Crippen molar-refractivity contribution in [1.29, 1.82) is 0 Å². The Balaban J connectivity index is 1.47. The number of halogens is 3. The molecule has 178 valence electrons. The van der Waals surface area contributed by atoms with Gasteiger partial charge in [-0.15, -0.1) is 0 Å². The number of ether oxygens (including phenoxy) is 1. The van der Waals surface area contributed by atoms with Crippen molar-refractivity contribution >= 4 is 11.6 Å². The minimum atomic E-state index is -4.42. The molecular weight excluding hydrogens is 421 g/mol. The molecule has 3 aliphatic heterocycles. The summed E-state index contributed by atoms with van der Waals surface area (Å²) in [5, 5.41) is 5.44. The van der Waals surface area contributed by atoms with Crippen LogP contribution in [0, 0.1) is 11.8 Å². The summed E-state index contributed by atoms with van der Waals surface area (Å²) < 4.78 is 45.6. The van der Waals surface area contributed by atoms with E-state index in [1.807, 2.05) is 25.1 Å².